The largest absolute Gasteiger partial charge is 0.379 e. The van der Waals surface area contributed by atoms with Gasteiger partial charge in [-0.15, -0.1) is 6.58 Å². The van der Waals surface area contributed by atoms with Gasteiger partial charge in [0.1, 0.15) is 6.04 Å². The molecule has 0 saturated carbocycles. The van der Waals surface area contributed by atoms with Crippen molar-refractivity contribution in [3.63, 3.8) is 0 Å². The minimum absolute atomic E-state index is 0.0617. The van der Waals surface area contributed by atoms with Crippen LogP contribution in [0.3, 0.4) is 0 Å². The van der Waals surface area contributed by atoms with Crippen LogP contribution in [0, 0.1) is 0 Å². The van der Waals surface area contributed by atoms with E-state index in [-0.39, 0.29) is 11.9 Å². The Kier molecular flexibility index (Phi) is 5.88. The fraction of sp³-hybridized carbons (Fsp3) is 0.526. The third-order valence-corrected chi connectivity index (χ3v) is 4.84. The van der Waals surface area contributed by atoms with Crippen LogP contribution in [0.1, 0.15) is 6.42 Å². The summed E-state index contributed by atoms with van der Waals surface area (Å²) in [7, 11) is 0. The lowest BCUT2D eigenvalue weighted by Gasteiger charge is -2.34. The summed E-state index contributed by atoms with van der Waals surface area (Å²) >= 11 is 0. The number of benzene rings is 1. The molecule has 0 bridgehead atoms. The Morgan fingerprint density at radius 1 is 1.21 bits per heavy atom. The van der Waals surface area contributed by atoms with Crippen LogP contribution in [0.25, 0.3) is 0 Å². The first-order valence-electron chi connectivity index (χ1n) is 8.81. The van der Waals surface area contributed by atoms with Crippen molar-refractivity contribution in [1.29, 1.82) is 0 Å². The van der Waals surface area contributed by atoms with Crippen molar-refractivity contribution in [2.75, 3.05) is 57.4 Å². The first kappa shape index (κ1) is 17.0. The Labute approximate surface area is 144 Å². The number of hydrogen-bond acceptors (Lipinski definition) is 4. The van der Waals surface area contributed by atoms with Gasteiger partial charge in [0.25, 0.3) is 0 Å². The number of carbonyl (C=O) groups is 1. The van der Waals surface area contributed by atoms with Gasteiger partial charge < -0.3 is 14.5 Å². The molecule has 2 aliphatic heterocycles. The predicted octanol–water partition coefficient (Wildman–Crippen LogP) is 1.61. The van der Waals surface area contributed by atoms with Crippen LogP contribution in [-0.2, 0) is 9.53 Å². The van der Waals surface area contributed by atoms with Gasteiger partial charge in [0, 0.05) is 45.0 Å². The summed E-state index contributed by atoms with van der Waals surface area (Å²) in [6.07, 6.45) is 2.69. The number of rotatable bonds is 7. The normalized spacial score (nSPS) is 21.9. The zero-order chi connectivity index (χ0) is 16.8. The Morgan fingerprint density at radius 3 is 2.67 bits per heavy atom. The van der Waals surface area contributed by atoms with E-state index in [0.29, 0.717) is 6.54 Å². The van der Waals surface area contributed by atoms with Crippen molar-refractivity contribution in [1.82, 2.24) is 9.80 Å². The molecule has 0 radical (unpaired) electrons. The molecule has 5 heteroatoms. The van der Waals surface area contributed by atoms with E-state index in [2.05, 4.69) is 28.5 Å². The third-order valence-electron chi connectivity index (χ3n) is 4.84. The molecule has 1 amide bonds. The number of carbonyl (C=O) groups excluding carboxylic acids is 1. The average Bonchev–Trinajstić information content (AvgIpc) is 2.98. The van der Waals surface area contributed by atoms with Gasteiger partial charge in [-0.25, -0.2) is 0 Å². The molecule has 1 aromatic rings. The molecular weight excluding hydrogens is 302 g/mol. The molecule has 130 valence electrons. The highest BCUT2D eigenvalue weighted by Gasteiger charge is 2.35. The lowest BCUT2D eigenvalue weighted by Crippen LogP contribution is -2.47. The first-order chi connectivity index (χ1) is 11.8. The van der Waals surface area contributed by atoms with E-state index in [4.69, 9.17) is 4.74 Å². The van der Waals surface area contributed by atoms with Gasteiger partial charge in [0.2, 0.25) is 5.91 Å². The molecule has 0 aliphatic carbocycles. The van der Waals surface area contributed by atoms with E-state index in [1.165, 1.54) is 0 Å². The molecule has 2 aliphatic rings. The maximum absolute atomic E-state index is 12.8. The van der Waals surface area contributed by atoms with Crippen LogP contribution in [0.15, 0.2) is 43.0 Å². The van der Waals surface area contributed by atoms with Gasteiger partial charge in [-0.1, -0.05) is 24.3 Å². The Morgan fingerprint density at radius 2 is 1.96 bits per heavy atom. The molecule has 3 rings (SSSR count). The minimum Gasteiger partial charge on any atom is -0.379 e. The van der Waals surface area contributed by atoms with Gasteiger partial charge in [0.15, 0.2) is 0 Å². The minimum atomic E-state index is -0.0617. The number of para-hydroxylation sites is 1. The quantitative estimate of drug-likeness (QED) is 0.712. The fourth-order valence-electron chi connectivity index (χ4n) is 3.51. The monoisotopic (exact) mass is 329 g/mol. The summed E-state index contributed by atoms with van der Waals surface area (Å²) in [6, 6.07) is 10.2. The molecule has 5 nitrogen and oxygen atoms in total. The number of nitrogens with zero attached hydrogens (tertiary/aromatic N) is 3. The SMILES string of the molecule is C=CCN1CC[C@H](N(CCN2CCOCC2)c2ccccc2)C1=O. The second-order valence-corrected chi connectivity index (χ2v) is 6.36. The van der Waals surface area contributed by atoms with Crippen molar-refractivity contribution in [3.8, 4) is 0 Å². The molecule has 0 aromatic heterocycles. The van der Waals surface area contributed by atoms with Crippen molar-refractivity contribution in [2.45, 2.75) is 12.5 Å². The highest BCUT2D eigenvalue weighted by atomic mass is 16.5. The van der Waals surface area contributed by atoms with Crippen molar-refractivity contribution >= 4 is 11.6 Å². The fourth-order valence-corrected chi connectivity index (χ4v) is 3.51. The molecule has 2 heterocycles. The lowest BCUT2D eigenvalue weighted by atomic mass is 10.1. The molecule has 2 saturated heterocycles. The molecule has 24 heavy (non-hydrogen) atoms. The van der Waals surface area contributed by atoms with Gasteiger partial charge >= 0.3 is 0 Å². The van der Waals surface area contributed by atoms with Crippen molar-refractivity contribution in [3.05, 3.63) is 43.0 Å². The standard InChI is InChI=1S/C19H27N3O2/c1-2-9-21-10-8-18(19(21)23)22(17-6-4-3-5-7-17)12-11-20-13-15-24-16-14-20/h2-7,18H,1,8-16H2/t18-/m0/s1. The molecule has 0 N–H and O–H groups in total. The lowest BCUT2D eigenvalue weighted by molar-refractivity contribution is -0.128. The summed E-state index contributed by atoms with van der Waals surface area (Å²) in [5, 5.41) is 0. The second kappa shape index (κ2) is 8.31. The number of morpholine rings is 1. The van der Waals surface area contributed by atoms with E-state index < -0.39 is 0 Å². The Balaban J connectivity index is 1.70. The van der Waals surface area contributed by atoms with Crippen molar-refractivity contribution < 1.29 is 9.53 Å². The first-order valence-corrected chi connectivity index (χ1v) is 8.81. The second-order valence-electron chi connectivity index (χ2n) is 6.36. The van der Waals surface area contributed by atoms with Crippen molar-refractivity contribution in [2.24, 2.45) is 0 Å². The number of anilines is 1. The predicted molar refractivity (Wildman–Crippen MR) is 96.2 cm³/mol. The summed E-state index contributed by atoms with van der Waals surface area (Å²) in [5.41, 5.74) is 1.13. The zero-order valence-electron chi connectivity index (χ0n) is 14.3. The molecule has 2 fully saturated rings. The van der Waals surface area contributed by atoms with Crippen LogP contribution in [-0.4, -0.2) is 74.2 Å². The summed E-state index contributed by atoms with van der Waals surface area (Å²) < 4.78 is 5.42. The summed E-state index contributed by atoms with van der Waals surface area (Å²) in [4.78, 5) is 19.4. The Hall–Kier alpha value is -1.85. The van der Waals surface area contributed by atoms with Crippen LogP contribution in [0.2, 0.25) is 0 Å². The van der Waals surface area contributed by atoms with Gasteiger partial charge in [-0.2, -0.15) is 0 Å². The maximum Gasteiger partial charge on any atom is 0.245 e. The Bertz CT molecular complexity index is 543. The highest BCUT2D eigenvalue weighted by molar-refractivity contribution is 5.87. The average molecular weight is 329 g/mol. The van der Waals surface area contributed by atoms with Gasteiger partial charge in [-0.3, -0.25) is 9.69 Å². The number of amides is 1. The number of likely N-dealkylation sites (tertiary alicyclic amines) is 1. The van der Waals surface area contributed by atoms with Crippen LogP contribution in [0.4, 0.5) is 5.69 Å². The summed E-state index contributed by atoms with van der Waals surface area (Å²) in [6.45, 7) is 10.6. The summed E-state index contributed by atoms with van der Waals surface area (Å²) in [5.74, 6) is 0.223. The van der Waals surface area contributed by atoms with E-state index in [1.807, 2.05) is 23.1 Å². The highest BCUT2D eigenvalue weighted by Crippen LogP contribution is 2.24. The molecule has 1 aromatic carbocycles. The molecule has 0 unspecified atom stereocenters. The van der Waals surface area contributed by atoms with E-state index in [1.54, 1.807) is 6.08 Å². The van der Waals surface area contributed by atoms with E-state index >= 15 is 0 Å². The molecule has 0 spiro atoms. The van der Waals surface area contributed by atoms with Gasteiger partial charge in [-0.05, 0) is 18.6 Å². The zero-order valence-corrected chi connectivity index (χ0v) is 14.3. The number of ether oxygens (including phenoxy) is 1. The van der Waals surface area contributed by atoms with E-state index in [9.17, 15) is 4.79 Å². The van der Waals surface area contributed by atoms with Crippen LogP contribution >= 0.6 is 0 Å². The topological polar surface area (TPSA) is 36.0 Å². The molecular formula is C19H27N3O2. The number of hydrogen-bond donors (Lipinski definition) is 0. The maximum atomic E-state index is 12.8. The van der Waals surface area contributed by atoms with Crippen LogP contribution in [0.5, 0.6) is 0 Å². The molecule has 1 atom stereocenters. The third kappa shape index (κ3) is 3.97. The smallest absolute Gasteiger partial charge is 0.245 e. The van der Waals surface area contributed by atoms with Crippen LogP contribution < -0.4 is 4.90 Å². The van der Waals surface area contributed by atoms with E-state index in [0.717, 1.165) is 58.0 Å². The van der Waals surface area contributed by atoms with Gasteiger partial charge in [0.05, 0.1) is 13.2 Å².